The SMILES string of the molecule is CCOc1cc(C=Nn2c(C(C)C)nc3ccc(Br)cc3c2=O)ccc1O[C@@H](C)CC. The zero-order valence-electron chi connectivity index (χ0n) is 18.6. The Hall–Kier alpha value is -2.67. The van der Waals surface area contributed by atoms with E-state index < -0.39 is 0 Å². The standard InChI is InChI=1S/C24H28BrN3O3/c1-6-16(5)31-21-11-8-17(12-22(21)30-7-2)14-26-28-23(15(3)4)27-20-10-9-18(25)13-19(20)24(28)29/h8-16H,6-7H2,1-5H3/t16-/m0/s1. The Morgan fingerprint density at radius 1 is 1.13 bits per heavy atom. The highest BCUT2D eigenvalue weighted by Crippen LogP contribution is 2.29. The number of halogens is 1. The van der Waals surface area contributed by atoms with E-state index in [0.717, 1.165) is 16.5 Å². The van der Waals surface area contributed by atoms with Crippen LogP contribution in [0.3, 0.4) is 0 Å². The predicted molar refractivity (Wildman–Crippen MR) is 129 cm³/mol. The maximum Gasteiger partial charge on any atom is 0.282 e. The minimum absolute atomic E-state index is 0.0307. The minimum Gasteiger partial charge on any atom is -0.490 e. The minimum atomic E-state index is -0.201. The van der Waals surface area contributed by atoms with Gasteiger partial charge in [-0.25, -0.2) is 4.98 Å². The van der Waals surface area contributed by atoms with Gasteiger partial charge >= 0.3 is 0 Å². The first-order valence-electron chi connectivity index (χ1n) is 10.5. The van der Waals surface area contributed by atoms with E-state index >= 15 is 0 Å². The molecule has 2 aromatic carbocycles. The molecule has 1 aromatic heterocycles. The van der Waals surface area contributed by atoms with Gasteiger partial charge in [-0.3, -0.25) is 4.79 Å². The lowest BCUT2D eigenvalue weighted by atomic mass is 10.2. The van der Waals surface area contributed by atoms with E-state index in [4.69, 9.17) is 9.47 Å². The number of hydrogen-bond acceptors (Lipinski definition) is 5. The fraction of sp³-hybridized carbons (Fsp3) is 0.375. The van der Waals surface area contributed by atoms with Gasteiger partial charge in [0, 0.05) is 10.4 Å². The Kier molecular flexibility index (Phi) is 7.49. The normalized spacial score (nSPS) is 12.6. The molecule has 1 heterocycles. The van der Waals surface area contributed by atoms with Crippen molar-refractivity contribution >= 4 is 33.0 Å². The van der Waals surface area contributed by atoms with E-state index in [0.29, 0.717) is 34.8 Å². The van der Waals surface area contributed by atoms with Gasteiger partial charge in [-0.15, -0.1) is 0 Å². The summed E-state index contributed by atoms with van der Waals surface area (Å²) in [6, 6.07) is 11.1. The number of ether oxygens (including phenoxy) is 2. The molecule has 0 bridgehead atoms. The van der Waals surface area contributed by atoms with Gasteiger partial charge in [-0.2, -0.15) is 9.78 Å². The average molecular weight is 486 g/mol. The fourth-order valence-electron chi connectivity index (χ4n) is 3.05. The van der Waals surface area contributed by atoms with Crippen LogP contribution in [0.1, 0.15) is 58.3 Å². The first-order chi connectivity index (χ1) is 14.8. The first-order valence-corrected chi connectivity index (χ1v) is 11.3. The molecule has 0 aliphatic carbocycles. The topological polar surface area (TPSA) is 65.7 Å². The van der Waals surface area contributed by atoms with Crippen molar-refractivity contribution in [3.8, 4) is 11.5 Å². The molecule has 0 fully saturated rings. The number of hydrogen-bond donors (Lipinski definition) is 0. The number of benzene rings is 2. The second-order valence-corrected chi connectivity index (χ2v) is 8.54. The summed E-state index contributed by atoms with van der Waals surface area (Å²) in [7, 11) is 0. The monoisotopic (exact) mass is 485 g/mol. The highest BCUT2D eigenvalue weighted by molar-refractivity contribution is 9.10. The van der Waals surface area contributed by atoms with Crippen LogP contribution in [0.25, 0.3) is 10.9 Å². The zero-order valence-corrected chi connectivity index (χ0v) is 20.1. The summed E-state index contributed by atoms with van der Waals surface area (Å²) in [5.74, 6) is 2.00. The number of fused-ring (bicyclic) bond motifs is 1. The van der Waals surface area contributed by atoms with E-state index in [1.165, 1.54) is 4.68 Å². The van der Waals surface area contributed by atoms with Gasteiger partial charge in [0.05, 0.1) is 29.8 Å². The van der Waals surface area contributed by atoms with Crippen LogP contribution in [0.4, 0.5) is 0 Å². The molecule has 1 atom stereocenters. The third kappa shape index (κ3) is 5.34. The number of nitrogens with zero attached hydrogens (tertiary/aromatic N) is 3. The van der Waals surface area contributed by atoms with Crippen LogP contribution in [-0.4, -0.2) is 28.6 Å². The van der Waals surface area contributed by atoms with Gasteiger partial charge in [0.2, 0.25) is 0 Å². The van der Waals surface area contributed by atoms with Crippen molar-refractivity contribution in [3.63, 3.8) is 0 Å². The van der Waals surface area contributed by atoms with Crippen molar-refractivity contribution in [2.24, 2.45) is 5.10 Å². The first kappa shape index (κ1) is 23.0. The molecule has 0 spiro atoms. The average Bonchev–Trinajstić information content (AvgIpc) is 2.74. The second kappa shape index (κ2) is 10.1. The van der Waals surface area contributed by atoms with E-state index in [1.54, 1.807) is 12.3 Å². The molecule has 0 saturated heterocycles. The van der Waals surface area contributed by atoms with Gasteiger partial charge in [-0.1, -0.05) is 36.7 Å². The number of rotatable bonds is 8. The van der Waals surface area contributed by atoms with Crippen LogP contribution in [0.2, 0.25) is 0 Å². The van der Waals surface area contributed by atoms with Crippen molar-refractivity contribution in [3.05, 3.63) is 62.6 Å². The van der Waals surface area contributed by atoms with Crippen molar-refractivity contribution in [1.29, 1.82) is 0 Å². The molecule has 0 radical (unpaired) electrons. The summed E-state index contributed by atoms with van der Waals surface area (Å²) in [5.41, 5.74) is 1.26. The zero-order chi connectivity index (χ0) is 22.5. The largest absolute Gasteiger partial charge is 0.490 e. The van der Waals surface area contributed by atoms with Crippen molar-refractivity contribution in [2.75, 3.05) is 6.61 Å². The van der Waals surface area contributed by atoms with Crippen LogP contribution >= 0.6 is 15.9 Å². The lowest BCUT2D eigenvalue weighted by Crippen LogP contribution is -2.23. The summed E-state index contributed by atoms with van der Waals surface area (Å²) < 4.78 is 13.9. The molecule has 0 aliphatic heterocycles. The quantitative estimate of drug-likeness (QED) is 0.381. The molecule has 0 N–H and O–H groups in total. The summed E-state index contributed by atoms with van der Waals surface area (Å²) in [6.45, 7) is 10.5. The lowest BCUT2D eigenvalue weighted by molar-refractivity contribution is 0.203. The maximum atomic E-state index is 13.1. The van der Waals surface area contributed by atoms with Crippen LogP contribution in [-0.2, 0) is 0 Å². The van der Waals surface area contributed by atoms with Crippen LogP contribution < -0.4 is 15.0 Å². The van der Waals surface area contributed by atoms with Crippen molar-refractivity contribution in [2.45, 2.75) is 53.1 Å². The van der Waals surface area contributed by atoms with Crippen molar-refractivity contribution in [1.82, 2.24) is 9.66 Å². The van der Waals surface area contributed by atoms with E-state index in [9.17, 15) is 4.79 Å². The molecular weight excluding hydrogens is 458 g/mol. The van der Waals surface area contributed by atoms with Crippen molar-refractivity contribution < 1.29 is 9.47 Å². The predicted octanol–water partition coefficient (Wildman–Crippen LogP) is 5.74. The summed E-state index contributed by atoms with van der Waals surface area (Å²) >= 11 is 3.43. The van der Waals surface area contributed by atoms with E-state index in [1.807, 2.05) is 58.0 Å². The molecule has 3 aromatic rings. The second-order valence-electron chi connectivity index (χ2n) is 7.62. The fourth-order valence-corrected chi connectivity index (χ4v) is 3.41. The molecule has 0 amide bonds. The van der Waals surface area contributed by atoms with Gasteiger partial charge in [0.25, 0.3) is 5.56 Å². The summed E-state index contributed by atoms with van der Waals surface area (Å²) in [6.07, 6.45) is 2.64. The summed E-state index contributed by atoms with van der Waals surface area (Å²) in [5, 5.41) is 5.01. The smallest absolute Gasteiger partial charge is 0.282 e. The molecular formula is C24H28BrN3O3. The Morgan fingerprint density at radius 3 is 2.58 bits per heavy atom. The van der Waals surface area contributed by atoms with E-state index in [2.05, 4.69) is 32.9 Å². The molecule has 3 rings (SSSR count). The Morgan fingerprint density at radius 2 is 1.90 bits per heavy atom. The lowest BCUT2D eigenvalue weighted by Gasteiger charge is -2.16. The summed E-state index contributed by atoms with van der Waals surface area (Å²) in [4.78, 5) is 17.8. The highest BCUT2D eigenvalue weighted by Gasteiger charge is 2.14. The third-order valence-corrected chi connectivity index (χ3v) is 5.34. The molecule has 0 unspecified atom stereocenters. The molecule has 164 valence electrons. The molecule has 6 nitrogen and oxygen atoms in total. The number of aromatic nitrogens is 2. The Balaban J connectivity index is 2.04. The molecule has 7 heteroatoms. The van der Waals surface area contributed by atoms with Gasteiger partial charge < -0.3 is 9.47 Å². The Bertz CT molecular complexity index is 1150. The Labute approximate surface area is 191 Å². The van der Waals surface area contributed by atoms with Crippen LogP contribution in [0.5, 0.6) is 11.5 Å². The van der Waals surface area contributed by atoms with E-state index in [-0.39, 0.29) is 17.6 Å². The molecule has 0 saturated carbocycles. The van der Waals surface area contributed by atoms with Gasteiger partial charge in [0.1, 0.15) is 5.82 Å². The maximum absolute atomic E-state index is 13.1. The molecule has 31 heavy (non-hydrogen) atoms. The van der Waals surface area contributed by atoms with Crippen LogP contribution in [0.15, 0.2) is 50.8 Å². The van der Waals surface area contributed by atoms with Gasteiger partial charge in [-0.05, 0) is 62.2 Å². The van der Waals surface area contributed by atoms with Crippen LogP contribution in [0, 0.1) is 0 Å². The highest BCUT2D eigenvalue weighted by atomic mass is 79.9. The third-order valence-electron chi connectivity index (χ3n) is 4.84. The van der Waals surface area contributed by atoms with Gasteiger partial charge in [0.15, 0.2) is 11.5 Å². The molecule has 0 aliphatic rings.